The molecule has 1 N–H and O–H groups in total. The molecule has 2 aromatic rings. The molecular formula is C23H24N2O5S2. The smallest absolute Gasteiger partial charge is 0.410 e. The van der Waals surface area contributed by atoms with E-state index >= 15 is 0 Å². The Morgan fingerprint density at radius 1 is 1.16 bits per heavy atom. The van der Waals surface area contributed by atoms with Crippen molar-refractivity contribution in [2.75, 3.05) is 18.9 Å². The van der Waals surface area contributed by atoms with Gasteiger partial charge in [-0.25, -0.2) is 4.79 Å². The lowest BCUT2D eigenvalue weighted by Gasteiger charge is -2.22. The first kappa shape index (κ1) is 22.5. The van der Waals surface area contributed by atoms with E-state index in [1.54, 1.807) is 16.7 Å². The van der Waals surface area contributed by atoms with Gasteiger partial charge >= 0.3 is 6.09 Å². The van der Waals surface area contributed by atoms with Crippen LogP contribution in [0.15, 0.2) is 59.5 Å². The highest BCUT2D eigenvalue weighted by Crippen LogP contribution is 2.25. The molecule has 2 aromatic carbocycles. The van der Waals surface area contributed by atoms with Crippen LogP contribution in [0.4, 0.5) is 9.59 Å². The third-order valence-corrected chi connectivity index (χ3v) is 7.34. The molecule has 2 saturated heterocycles. The molecule has 0 saturated carbocycles. The van der Waals surface area contributed by atoms with Gasteiger partial charge in [-0.3, -0.25) is 19.8 Å². The summed E-state index contributed by atoms with van der Waals surface area (Å²) in [7, 11) is 0. The Morgan fingerprint density at radius 3 is 2.59 bits per heavy atom. The largest absolute Gasteiger partial charge is 0.491 e. The summed E-state index contributed by atoms with van der Waals surface area (Å²) in [4.78, 5) is 38.1. The Morgan fingerprint density at radius 2 is 1.91 bits per heavy atom. The fourth-order valence-corrected chi connectivity index (χ4v) is 5.23. The number of carbonyl (C=O) groups excluding carboxylic acids is 3. The van der Waals surface area contributed by atoms with E-state index in [1.807, 2.05) is 61.5 Å². The highest BCUT2D eigenvalue weighted by Gasteiger charge is 2.34. The first-order valence-corrected chi connectivity index (χ1v) is 12.2. The summed E-state index contributed by atoms with van der Waals surface area (Å²) in [5.41, 5.74) is 0.953. The lowest BCUT2D eigenvalue weighted by Crippen LogP contribution is -2.38. The number of ether oxygens (including phenoxy) is 2. The molecule has 0 aromatic heterocycles. The van der Waals surface area contributed by atoms with E-state index < -0.39 is 0 Å². The molecule has 32 heavy (non-hydrogen) atoms. The van der Waals surface area contributed by atoms with Crippen molar-refractivity contribution in [3.8, 4) is 5.75 Å². The maximum Gasteiger partial charge on any atom is 0.410 e. The van der Waals surface area contributed by atoms with E-state index in [9.17, 15) is 14.4 Å². The Balaban J connectivity index is 1.22. The number of hydrogen-bond donors (Lipinski definition) is 1. The van der Waals surface area contributed by atoms with E-state index in [4.69, 9.17) is 9.47 Å². The summed E-state index contributed by atoms with van der Waals surface area (Å²) in [6, 6.07) is 17.4. The van der Waals surface area contributed by atoms with Crippen LogP contribution < -0.4 is 10.1 Å². The average Bonchev–Trinajstić information content (AvgIpc) is 3.32. The van der Waals surface area contributed by atoms with Crippen LogP contribution >= 0.6 is 23.5 Å². The van der Waals surface area contributed by atoms with Crippen LogP contribution in [0.3, 0.4) is 0 Å². The standard InChI is InChI=1S/C23H24N2O5S2/c1-15(25-12-18(30-23(25)28)14-31-19-5-3-2-4-6-19)13-29-17-9-7-16(8-10-17)11-20-21(26)24-22(27)32-20/h2-10,15,18,20H,11-14H2,1H3,(H,24,26,27). The van der Waals surface area contributed by atoms with Crippen LogP contribution in [0.1, 0.15) is 12.5 Å². The minimum Gasteiger partial charge on any atom is -0.491 e. The monoisotopic (exact) mass is 472 g/mol. The van der Waals surface area contributed by atoms with Gasteiger partial charge in [-0.15, -0.1) is 11.8 Å². The van der Waals surface area contributed by atoms with Gasteiger partial charge in [0.05, 0.1) is 17.8 Å². The molecular weight excluding hydrogens is 448 g/mol. The Bertz CT molecular complexity index is 970. The van der Waals surface area contributed by atoms with Crippen molar-refractivity contribution < 1.29 is 23.9 Å². The van der Waals surface area contributed by atoms with Crippen molar-refractivity contribution in [1.82, 2.24) is 10.2 Å². The van der Waals surface area contributed by atoms with Gasteiger partial charge in [-0.1, -0.05) is 42.1 Å². The SMILES string of the molecule is CC(COc1ccc(CC2SC(=O)NC2=O)cc1)N1CC(CSc2ccccc2)OC1=O. The molecule has 4 rings (SSSR count). The second kappa shape index (κ2) is 10.3. The maximum absolute atomic E-state index is 12.3. The minimum absolute atomic E-state index is 0.126. The summed E-state index contributed by atoms with van der Waals surface area (Å²) >= 11 is 2.70. The van der Waals surface area contributed by atoms with Crippen LogP contribution in [0.25, 0.3) is 0 Å². The van der Waals surface area contributed by atoms with Crippen LogP contribution in [0.5, 0.6) is 5.75 Å². The first-order chi connectivity index (χ1) is 15.5. The summed E-state index contributed by atoms with van der Waals surface area (Å²) in [6.07, 6.45) is 0.0324. The van der Waals surface area contributed by atoms with Crippen LogP contribution in [0.2, 0.25) is 0 Å². The molecule has 3 unspecified atom stereocenters. The van der Waals surface area contributed by atoms with Crippen LogP contribution in [-0.2, 0) is 16.0 Å². The van der Waals surface area contributed by atoms with E-state index in [-0.39, 0.29) is 34.6 Å². The average molecular weight is 473 g/mol. The number of nitrogens with one attached hydrogen (secondary N) is 1. The summed E-state index contributed by atoms with van der Waals surface area (Å²) in [5.74, 6) is 1.15. The quantitative estimate of drug-likeness (QED) is 0.553. The van der Waals surface area contributed by atoms with Gasteiger partial charge < -0.3 is 9.47 Å². The van der Waals surface area contributed by atoms with Crippen molar-refractivity contribution in [2.24, 2.45) is 0 Å². The summed E-state index contributed by atoms with van der Waals surface area (Å²) in [6.45, 7) is 2.83. The molecule has 9 heteroatoms. The number of amides is 3. The number of rotatable bonds is 9. The predicted octanol–water partition coefficient (Wildman–Crippen LogP) is 3.96. The highest BCUT2D eigenvalue weighted by molar-refractivity contribution is 8.15. The van der Waals surface area contributed by atoms with Gasteiger partial charge in [0, 0.05) is 10.6 Å². The zero-order valence-corrected chi connectivity index (χ0v) is 19.2. The van der Waals surface area contributed by atoms with Crippen LogP contribution in [0, 0.1) is 0 Å². The van der Waals surface area contributed by atoms with Crippen LogP contribution in [-0.4, -0.2) is 58.4 Å². The number of hydrogen-bond acceptors (Lipinski definition) is 7. The molecule has 2 heterocycles. The Hall–Kier alpha value is -2.65. The molecule has 2 aliphatic heterocycles. The number of cyclic esters (lactones) is 1. The third-order valence-electron chi connectivity index (χ3n) is 5.22. The summed E-state index contributed by atoms with van der Waals surface area (Å²) < 4.78 is 11.4. The third kappa shape index (κ3) is 5.77. The molecule has 0 spiro atoms. The molecule has 0 bridgehead atoms. The van der Waals surface area contributed by atoms with Gasteiger partial charge in [-0.05, 0) is 43.2 Å². The fourth-order valence-electron chi connectivity index (χ4n) is 3.46. The zero-order valence-electron chi connectivity index (χ0n) is 17.6. The molecule has 3 amide bonds. The van der Waals surface area contributed by atoms with Crippen molar-refractivity contribution in [3.63, 3.8) is 0 Å². The number of nitrogens with zero attached hydrogens (tertiary/aromatic N) is 1. The highest BCUT2D eigenvalue weighted by atomic mass is 32.2. The van der Waals surface area contributed by atoms with Gasteiger partial charge in [0.2, 0.25) is 5.91 Å². The van der Waals surface area contributed by atoms with E-state index in [2.05, 4.69) is 5.32 Å². The molecule has 168 valence electrons. The Kier molecular flexibility index (Phi) is 7.26. The van der Waals surface area contributed by atoms with E-state index in [0.717, 1.165) is 22.2 Å². The number of imide groups is 1. The molecule has 7 nitrogen and oxygen atoms in total. The van der Waals surface area contributed by atoms with Crippen molar-refractivity contribution in [3.05, 3.63) is 60.2 Å². The van der Waals surface area contributed by atoms with Crippen molar-refractivity contribution >= 4 is 40.8 Å². The zero-order chi connectivity index (χ0) is 22.5. The summed E-state index contributed by atoms with van der Waals surface area (Å²) in [5, 5.41) is 1.62. The molecule has 2 aliphatic rings. The number of benzene rings is 2. The minimum atomic E-state index is -0.386. The lowest BCUT2D eigenvalue weighted by atomic mass is 10.1. The Labute approximate surface area is 195 Å². The predicted molar refractivity (Wildman–Crippen MR) is 124 cm³/mol. The van der Waals surface area contributed by atoms with Crippen molar-refractivity contribution in [2.45, 2.75) is 35.6 Å². The second-order valence-corrected chi connectivity index (χ2v) is 9.94. The molecule has 0 radical (unpaired) electrons. The fraction of sp³-hybridized carbons (Fsp3) is 0.348. The second-order valence-electron chi connectivity index (χ2n) is 7.67. The molecule has 2 fully saturated rings. The molecule has 0 aliphatic carbocycles. The van der Waals surface area contributed by atoms with E-state index in [1.165, 1.54) is 0 Å². The van der Waals surface area contributed by atoms with Gasteiger partial charge in [0.25, 0.3) is 5.24 Å². The number of thioether (sulfide) groups is 2. The molecule has 3 atom stereocenters. The first-order valence-electron chi connectivity index (χ1n) is 10.4. The van der Waals surface area contributed by atoms with E-state index in [0.29, 0.717) is 31.1 Å². The van der Waals surface area contributed by atoms with Gasteiger partial charge in [0.15, 0.2) is 0 Å². The number of carbonyl (C=O) groups is 3. The van der Waals surface area contributed by atoms with Gasteiger partial charge in [-0.2, -0.15) is 0 Å². The lowest BCUT2D eigenvalue weighted by molar-refractivity contribution is -0.118. The maximum atomic E-state index is 12.3. The van der Waals surface area contributed by atoms with Gasteiger partial charge in [0.1, 0.15) is 18.5 Å². The van der Waals surface area contributed by atoms with Crippen molar-refractivity contribution in [1.29, 1.82) is 0 Å². The normalized spacial score (nSPS) is 21.4. The topological polar surface area (TPSA) is 84.9 Å².